The van der Waals surface area contributed by atoms with E-state index in [9.17, 15) is 9.59 Å². The molecule has 0 aliphatic heterocycles. The zero-order chi connectivity index (χ0) is 19.2. The Morgan fingerprint density at radius 1 is 1.11 bits per heavy atom. The molecule has 6 nitrogen and oxygen atoms in total. The maximum Gasteiger partial charge on any atom is 0.311 e. The molecule has 0 spiro atoms. The van der Waals surface area contributed by atoms with Gasteiger partial charge in [-0.15, -0.1) is 0 Å². The minimum Gasteiger partial charge on any atom is -0.497 e. The van der Waals surface area contributed by atoms with Gasteiger partial charge in [0.2, 0.25) is 0 Å². The molecule has 0 saturated heterocycles. The van der Waals surface area contributed by atoms with Crippen molar-refractivity contribution in [2.75, 3.05) is 7.11 Å². The average Bonchev–Trinajstić information content (AvgIpc) is 3.09. The van der Waals surface area contributed by atoms with Gasteiger partial charge in [-0.3, -0.25) is 9.59 Å². The number of esters is 1. The number of H-pyrrole nitrogens is 1. The van der Waals surface area contributed by atoms with Crippen LogP contribution in [0.2, 0.25) is 0 Å². The molecule has 1 heterocycles. The first-order valence-electron chi connectivity index (χ1n) is 8.72. The van der Waals surface area contributed by atoms with Crippen molar-refractivity contribution in [3.8, 4) is 5.75 Å². The number of aromatic amines is 1. The Bertz CT molecular complexity index is 931. The van der Waals surface area contributed by atoms with E-state index in [2.05, 4.69) is 10.3 Å². The molecule has 0 bridgehead atoms. The lowest BCUT2D eigenvalue weighted by Gasteiger charge is -2.13. The highest BCUT2D eigenvalue weighted by atomic mass is 16.5. The van der Waals surface area contributed by atoms with Gasteiger partial charge in [0.1, 0.15) is 5.75 Å². The number of amides is 1. The van der Waals surface area contributed by atoms with Crippen LogP contribution in [0.15, 0.2) is 54.7 Å². The smallest absolute Gasteiger partial charge is 0.311 e. The SMILES string of the molecule is COc1ccc(CNC(=O)[C@H](C)OC(=O)Cc2c[nH]c3ccccc23)cc1. The number of hydrogen-bond acceptors (Lipinski definition) is 4. The monoisotopic (exact) mass is 366 g/mol. The van der Waals surface area contributed by atoms with Gasteiger partial charge in [0, 0.05) is 23.6 Å². The molecular formula is C21H22N2O4. The third kappa shape index (κ3) is 4.67. The van der Waals surface area contributed by atoms with Gasteiger partial charge in [0.05, 0.1) is 13.5 Å². The van der Waals surface area contributed by atoms with Crippen LogP contribution in [0.1, 0.15) is 18.1 Å². The molecule has 1 aromatic heterocycles. The number of carbonyl (C=O) groups is 2. The number of carbonyl (C=O) groups excluding carboxylic acids is 2. The molecule has 0 aliphatic carbocycles. The van der Waals surface area contributed by atoms with Gasteiger partial charge < -0.3 is 19.8 Å². The maximum atomic E-state index is 12.2. The zero-order valence-corrected chi connectivity index (χ0v) is 15.3. The van der Waals surface area contributed by atoms with Crippen molar-refractivity contribution in [1.29, 1.82) is 0 Å². The lowest BCUT2D eigenvalue weighted by molar-refractivity contribution is -0.154. The molecule has 0 unspecified atom stereocenters. The van der Waals surface area contributed by atoms with Gasteiger partial charge in [-0.25, -0.2) is 0 Å². The van der Waals surface area contributed by atoms with Crippen molar-refractivity contribution in [1.82, 2.24) is 10.3 Å². The minimum absolute atomic E-state index is 0.111. The number of para-hydroxylation sites is 1. The number of nitrogens with one attached hydrogen (secondary N) is 2. The molecule has 3 rings (SSSR count). The lowest BCUT2D eigenvalue weighted by atomic mass is 10.1. The highest BCUT2D eigenvalue weighted by Crippen LogP contribution is 2.18. The summed E-state index contributed by atoms with van der Waals surface area (Å²) in [5.74, 6) is -0.0189. The molecule has 2 N–H and O–H groups in total. The third-order valence-electron chi connectivity index (χ3n) is 4.31. The predicted octanol–water partition coefficient (Wildman–Crippen LogP) is 2.97. The van der Waals surface area contributed by atoms with E-state index >= 15 is 0 Å². The van der Waals surface area contributed by atoms with E-state index in [1.165, 1.54) is 0 Å². The van der Waals surface area contributed by atoms with Crippen LogP contribution >= 0.6 is 0 Å². The molecule has 0 radical (unpaired) electrons. The number of methoxy groups -OCH3 is 1. The second-order valence-corrected chi connectivity index (χ2v) is 6.23. The van der Waals surface area contributed by atoms with E-state index in [0.29, 0.717) is 6.54 Å². The predicted molar refractivity (Wildman–Crippen MR) is 102 cm³/mol. The van der Waals surface area contributed by atoms with Gasteiger partial charge in [-0.1, -0.05) is 30.3 Å². The van der Waals surface area contributed by atoms with Crippen molar-refractivity contribution in [2.24, 2.45) is 0 Å². The first kappa shape index (κ1) is 18.5. The average molecular weight is 366 g/mol. The molecule has 0 fully saturated rings. The Hall–Kier alpha value is -3.28. The summed E-state index contributed by atoms with van der Waals surface area (Å²) >= 11 is 0. The fourth-order valence-electron chi connectivity index (χ4n) is 2.80. The van der Waals surface area contributed by atoms with E-state index in [1.807, 2.05) is 48.5 Å². The van der Waals surface area contributed by atoms with Crippen LogP contribution in [0.5, 0.6) is 5.75 Å². The second kappa shape index (κ2) is 8.40. The fraction of sp³-hybridized carbons (Fsp3) is 0.238. The standard InChI is InChI=1S/C21H22N2O4/c1-14(21(25)23-12-15-7-9-17(26-2)10-8-15)27-20(24)11-16-13-22-19-6-4-3-5-18(16)19/h3-10,13-14,22H,11-12H2,1-2H3,(H,23,25)/t14-/m0/s1. The molecule has 1 amide bonds. The normalized spacial score (nSPS) is 11.8. The van der Waals surface area contributed by atoms with Crippen LogP contribution in [-0.4, -0.2) is 30.1 Å². The number of aromatic nitrogens is 1. The summed E-state index contributed by atoms with van der Waals surface area (Å²) in [5.41, 5.74) is 2.74. The van der Waals surface area contributed by atoms with Crippen LogP contribution in [0.3, 0.4) is 0 Å². The molecule has 3 aromatic rings. The van der Waals surface area contributed by atoms with E-state index < -0.39 is 12.1 Å². The Balaban J connectivity index is 1.50. The van der Waals surface area contributed by atoms with E-state index in [-0.39, 0.29) is 12.3 Å². The topological polar surface area (TPSA) is 80.4 Å². The summed E-state index contributed by atoms with van der Waals surface area (Å²) in [6.45, 7) is 1.92. The van der Waals surface area contributed by atoms with Gasteiger partial charge in [-0.05, 0) is 36.2 Å². The van der Waals surface area contributed by atoms with Crippen molar-refractivity contribution in [3.05, 3.63) is 65.9 Å². The lowest BCUT2D eigenvalue weighted by Crippen LogP contribution is -2.35. The number of benzene rings is 2. The fourth-order valence-corrected chi connectivity index (χ4v) is 2.80. The number of rotatable bonds is 7. The second-order valence-electron chi connectivity index (χ2n) is 6.23. The quantitative estimate of drug-likeness (QED) is 0.630. The molecule has 0 saturated carbocycles. The molecular weight excluding hydrogens is 344 g/mol. The first-order chi connectivity index (χ1) is 13.1. The molecule has 27 heavy (non-hydrogen) atoms. The van der Waals surface area contributed by atoms with E-state index in [1.54, 1.807) is 20.2 Å². The molecule has 0 aliphatic rings. The summed E-state index contributed by atoms with van der Waals surface area (Å²) in [5, 5.41) is 3.74. The van der Waals surface area contributed by atoms with Crippen LogP contribution in [0.4, 0.5) is 0 Å². The van der Waals surface area contributed by atoms with Crippen molar-refractivity contribution >= 4 is 22.8 Å². The summed E-state index contributed by atoms with van der Waals surface area (Å²) < 4.78 is 10.4. The van der Waals surface area contributed by atoms with Crippen molar-refractivity contribution in [2.45, 2.75) is 26.0 Å². The Morgan fingerprint density at radius 2 is 1.85 bits per heavy atom. The minimum atomic E-state index is -0.860. The largest absolute Gasteiger partial charge is 0.497 e. The Kier molecular flexibility index (Phi) is 5.76. The van der Waals surface area contributed by atoms with Crippen molar-refractivity contribution < 1.29 is 19.1 Å². The first-order valence-corrected chi connectivity index (χ1v) is 8.72. The number of fused-ring (bicyclic) bond motifs is 1. The van der Waals surface area contributed by atoms with Crippen LogP contribution in [-0.2, 0) is 27.3 Å². The highest BCUT2D eigenvalue weighted by Gasteiger charge is 2.18. The molecule has 1 atom stereocenters. The Labute approximate surface area is 157 Å². The van der Waals surface area contributed by atoms with Gasteiger partial charge in [0.25, 0.3) is 5.91 Å². The zero-order valence-electron chi connectivity index (χ0n) is 15.3. The van der Waals surface area contributed by atoms with Crippen LogP contribution < -0.4 is 10.1 Å². The Morgan fingerprint density at radius 3 is 2.59 bits per heavy atom. The number of ether oxygens (including phenoxy) is 2. The molecule has 6 heteroatoms. The summed E-state index contributed by atoms with van der Waals surface area (Å²) in [4.78, 5) is 27.5. The van der Waals surface area contributed by atoms with Crippen LogP contribution in [0, 0.1) is 0 Å². The third-order valence-corrected chi connectivity index (χ3v) is 4.31. The maximum absolute atomic E-state index is 12.2. The van der Waals surface area contributed by atoms with E-state index in [0.717, 1.165) is 27.8 Å². The number of hydrogen-bond donors (Lipinski definition) is 2. The highest BCUT2D eigenvalue weighted by molar-refractivity contribution is 5.88. The molecule has 2 aromatic carbocycles. The summed E-state index contributed by atoms with van der Waals surface area (Å²) in [6, 6.07) is 15.1. The summed E-state index contributed by atoms with van der Waals surface area (Å²) in [6.07, 6.45) is 1.04. The molecule has 140 valence electrons. The summed E-state index contributed by atoms with van der Waals surface area (Å²) in [7, 11) is 1.60. The van der Waals surface area contributed by atoms with Gasteiger partial charge in [-0.2, -0.15) is 0 Å². The van der Waals surface area contributed by atoms with Crippen molar-refractivity contribution in [3.63, 3.8) is 0 Å². The van der Waals surface area contributed by atoms with Gasteiger partial charge >= 0.3 is 5.97 Å². The van der Waals surface area contributed by atoms with Gasteiger partial charge in [0.15, 0.2) is 6.10 Å². The van der Waals surface area contributed by atoms with E-state index in [4.69, 9.17) is 9.47 Å². The van der Waals surface area contributed by atoms with Crippen LogP contribution in [0.25, 0.3) is 10.9 Å².